The summed E-state index contributed by atoms with van der Waals surface area (Å²) in [5.74, 6) is 0. The van der Waals surface area contributed by atoms with E-state index >= 15 is 0 Å². The number of hydrogen-bond donors (Lipinski definition) is 0. The van der Waals surface area contributed by atoms with E-state index in [1.807, 2.05) is 0 Å². The monoisotopic (exact) mass is 298 g/mol. The summed E-state index contributed by atoms with van der Waals surface area (Å²) >= 11 is -0.826. The average Bonchev–Trinajstić information content (AvgIpc) is 2.85. The summed E-state index contributed by atoms with van der Waals surface area (Å²) in [6, 6.07) is 0. The van der Waals surface area contributed by atoms with Gasteiger partial charge < -0.3 is 12.8 Å². The van der Waals surface area contributed by atoms with Crippen LogP contribution in [0.25, 0.3) is 0 Å². The Morgan fingerprint density at radius 1 is 0.692 bits per heavy atom. The van der Waals surface area contributed by atoms with Gasteiger partial charge in [0.2, 0.25) is 0 Å². The first-order chi connectivity index (χ1) is 6.41. The predicted octanol–water partition coefficient (Wildman–Crippen LogP) is 4.91. The van der Waals surface area contributed by atoms with Gasteiger partial charge in [-0.25, -0.2) is 0 Å². The van der Waals surface area contributed by atoms with Crippen LogP contribution in [0, 0.1) is 12.8 Å². The van der Waals surface area contributed by atoms with Crippen LogP contribution in [-0.2, 0) is 20.8 Å². The molecule has 78 valence electrons. The molecule has 2 saturated carbocycles. The molecular formula is C10H18Cl2Zr-2. The van der Waals surface area contributed by atoms with E-state index in [9.17, 15) is 0 Å². The van der Waals surface area contributed by atoms with E-state index < -0.39 is 20.8 Å². The van der Waals surface area contributed by atoms with Crippen LogP contribution in [0.1, 0.15) is 51.4 Å². The SMILES string of the molecule is [CH-]1CCCC1.[CH-]1CCCC1.[Cl][Zr][Cl]. The van der Waals surface area contributed by atoms with Crippen LogP contribution in [0.3, 0.4) is 0 Å². The maximum atomic E-state index is 4.93. The topological polar surface area (TPSA) is 0 Å². The summed E-state index contributed by atoms with van der Waals surface area (Å²) in [5.41, 5.74) is 0. The molecule has 0 bridgehead atoms. The van der Waals surface area contributed by atoms with E-state index in [2.05, 4.69) is 12.8 Å². The molecule has 0 aromatic rings. The Morgan fingerprint density at radius 3 is 1.00 bits per heavy atom. The fourth-order valence-corrected chi connectivity index (χ4v) is 1.44. The van der Waals surface area contributed by atoms with E-state index in [0.29, 0.717) is 0 Å². The Bertz CT molecular complexity index is 55.8. The zero-order valence-electron chi connectivity index (χ0n) is 8.07. The van der Waals surface area contributed by atoms with Crippen LogP contribution in [-0.4, -0.2) is 0 Å². The average molecular weight is 300 g/mol. The van der Waals surface area contributed by atoms with E-state index in [-0.39, 0.29) is 0 Å². The van der Waals surface area contributed by atoms with Crippen molar-refractivity contribution in [3.63, 3.8) is 0 Å². The zero-order valence-corrected chi connectivity index (χ0v) is 12.0. The zero-order chi connectivity index (χ0) is 9.78. The van der Waals surface area contributed by atoms with E-state index in [4.69, 9.17) is 17.0 Å². The third-order valence-electron chi connectivity index (χ3n) is 2.13. The van der Waals surface area contributed by atoms with Crippen molar-refractivity contribution in [2.45, 2.75) is 51.4 Å². The van der Waals surface area contributed by atoms with Crippen molar-refractivity contribution in [3.8, 4) is 0 Å². The summed E-state index contributed by atoms with van der Waals surface area (Å²) in [5, 5.41) is 0. The first kappa shape index (κ1) is 14.5. The van der Waals surface area contributed by atoms with Gasteiger partial charge in [-0.05, 0) is 0 Å². The quantitative estimate of drug-likeness (QED) is 0.558. The van der Waals surface area contributed by atoms with Gasteiger partial charge in [-0.15, -0.1) is 0 Å². The van der Waals surface area contributed by atoms with Gasteiger partial charge in [-0.2, -0.15) is 25.7 Å². The molecule has 0 aromatic heterocycles. The molecule has 0 aromatic carbocycles. The van der Waals surface area contributed by atoms with Crippen LogP contribution in [0.15, 0.2) is 0 Å². The molecule has 13 heavy (non-hydrogen) atoms. The van der Waals surface area contributed by atoms with Crippen LogP contribution < -0.4 is 0 Å². The summed E-state index contributed by atoms with van der Waals surface area (Å²) in [7, 11) is 9.87. The molecule has 2 fully saturated rings. The van der Waals surface area contributed by atoms with Crippen LogP contribution >= 0.6 is 17.0 Å². The minimum absolute atomic E-state index is 0.826. The number of hydrogen-bond acceptors (Lipinski definition) is 0. The van der Waals surface area contributed by atoms with Gasteiger partial charge in [-0.1, -0.05) is 25.7 Å². The van der Waals surface area contributed by atoms with Crippen molar-refractivity contribution in [1.82, 2.24) is 0 Å². The molecule has 0 atom stereocenters. The standard InChI is InChI=1S/2C5H9.2ClH.Zr/c2*1-2-4-5-3-1;;;/h2*1H,2-5H2;2*1H;/q2*-1;;;+2/p-2. The van der Waals surface area contributed by atoms with Crippen molar-refractivity contribution < 1.29 is 20.8 Å². The third-order valence-corrected chi connectivity index (χ3v) is 2.13. The molecular weight excluding hydrogens is 282 g/mol. The first-order valence-corrected chi connectivity index (χ1v) is 11.3. The first-order valence-electron chi connectivity index (χ1n) is 5.01. The van der Waals surface area contributed by atoms with Crippen LogP contribution in [0.2, 0.25) is 0 Å². The molecule has 0 N–H and O–H groups in total. The molecule has 0 heterocycles. The fraction of sp³-hybridized carbons (Fsp3) is 0.800. The van der Waals surface area contributed by atoms with Gasteiger partial charge in [0.1, 0.15) is 0 Å². The Labute approximate surface area is 101 Å². The molecule has 0 saturated heterocycles. The summed E-state index contributed by atoms with van der Waals surface area (Å²) in [6.07, 6.45) is 16.0. The van der Waals surface area contributed by atoms with Crippen molar-refractivity contribution in [1.29, 1.82) is 0 Å². The molecule has 0 aliphatic heterocycles. The number of halogens is 2. The van der Waals surface area contributed by atoms with Gasteiger partial charge in [0, 0.05) is 0 Å². The van der Waals surface area contributed by atoms with E-state index in [1.54, 1.807) is 0 Å². The summed E-state index contributed by atoms with van der Waals surface area (Å²) in [6.45, 7) is 0. The van der Waals surface area contributed by atoms with Crippen molar-refractivity contribution in [2.24, 2.45) is 0 Å². The summed E-state index contributed by atoms with van der Waals surface area (Å²) in [4.78, 5) is 0. The second kappa shape index (κ2) is 13.5. The number of rotatable bonds is 0. The molecule has 0 nitrogen and oxygen atoms in total. The molecule has 0 radical (unpaired) electrons. The van der Waals surface area contributed by atoms with Crippen molar-refractivity contribution >= 4 is 17.0 Å². The second-order valence-corrected chi connectivity index (χ2v) is 6.95. The van der Waals surface area contributed by atoms with Gasteiger partial charge in [0.05, 0.1) is 0 Å². The fourth-order valence-electron chi connectivity index (χ4n) is 1.44. The third kappa shape index (κ3) is 13.5. The van der Waals surface area contributed by atoms with Gasteiger partial charge in [0.15, 0.2) is 0 Å². The van der Waals surface area contributed by atoms with Crippen LogP contribution in [0.5, 0.6) is 0 Å². The minimum atomic E-state index is -0.826. The molecule has 2 aliphatic carbocycles. The maximum absolute atomic E-state index is 4.93. The van der Waals surface area contributed by atoms with Gasteiger partial charge >= 0.3 is 37.9 Å². The molecule has 2 rings (SSSR count). The van der Waals surface area contributed by atoms with Gasteiger partial charge in [0.25, 0.3) is 0 Å². The Kier molecular flexibility index (Phi) is 15.0. The summed E-state index contributed by atoms with van der Waals surface area (Å²) < 4.78 is 0. The molecule has 0 unspecified atom stereocenters. The predicted molar refractivity (Wildman–Crippen MR) is 57.2 cm³/mol. The van der Waals surface area contributed by atoms with E-state index in [0.717, 1.165) is 0 Å². The van der Waals surface area contributed by atoms with Gasteiger partial charge in [-0.3, -0.25) is 0 Å². The van der Waals surface area contributed by atoms with Crippen LogP contribution in [0.4, 0.5) is 0 Å². The van der Waals surface area contributed by atoms with Crippen molar-refractivity contribution in [3.05, 3.63) is 12.8 Å². The van der Waals surface area contributed by atoms with E-state index in [1.165, 1.54) is 51.4 Å². The second-order valence-electron chi connectivity index (χ2n) is 3.22. The molecule has 0 amide bonds. The molecule has 2 aliphatic rings. The normalized spacial score (nSPS) is 19.5. The molecule has 0 spiro atoms. The Balaban J connectivity index is 0.000000174. The Hall–Kier alpha value is 1.46. The van der Waals surface area contributed by atoms with Crippen molar-refractivity contribution in [2.75, 3.05) is 0 Å². The molecule has 3 heteroatoms. The Morgan fingerprint density at radius 2 is 0.923 bits per heavy atom.